The summed E-state index contributed by atoms with van der Waals surface area (Å²) >= 11 is 0. The van der Waals surface area contributed by atoms with Crippen LogP contribution in [0.4, 0.5) is 13.2 Å². The largest absolute Gasteiger partial charge is 2.00 e. The Hall–Kier alpha value is -1.68. The zero-order valence-corrected chi connectivity index (χ0v) is 8.12. The molecule has 0 unspecified atom stereocenters. The predicted molar refractivity (Wildman–Crippen MR) is 50.3 cm³/mol. The van der Waals surface area contributed by atoms with Gasteiger partial charge in [0.2, 0.25) is 0 Å². The van der Waals surface area contributed by atoms with Crippen LogP contribution in [0.1, 0.15) is 5.69 Å². The number of nitrogens with zero attached hydrogens (tertiary/aromatic N) is 2. The minimum absolute atomic E-state index is 0. The van der Waals surface area contributed by atoms with Gasteiger partial charge in [0.05, 0.1) is 0 Å². The molecular formula is C9H6BeF3N3+2. The summed E-state index contributed by atoms with van der Waals surface area (Å²) in [6.45, 7) is 0. The number of H-pyrrole nitrogens is 1. The van der Waals surface area contributed by atoms with Gasteiger partial charge in [0.25, 0.3) is 0 Å². The summed E-state index contributed by atoms with van der Waals surface area (Å²) in [5.41, 5.74) is -0.293. The summed E-state index contributed by atoms with van der Waals surface area (Å²) in [6, 6.07) is 5.97. The van der Waals surface area contributed by atoms with Crippen molar-refractivity contribution in [2.24, 2.45) is 0 Å². The van der Waals surface area contributed by atoms with E-state index in [0.29, 0.717) is 5.69 Å². The van der Waals surface area contributed by atoms with E-state index in [0.717, 1.165) is 6.07 Å². The number of rotatable bonds is 1. The maximum Gasteiger partial charge on any atom is 2.00 e. The fourth-order valence-electron chi connectivity index (χ4n) is 1.12. The van der Waals surface area contributed by atoms with E-state index in [-0.39, 0.29) is 15.8 Å². The van der Waals surface area contributed by atoms with Crippen molar-refractivity contribution in [1.82, 2.24) is 10.2 Å². The zero-order chi connectivity index (χ0) is 10.9. The molecule has 78 valence electrons. The molecular weight excluding hydrogens is 216 g/mol. The SMILES string of the molecule is FC(F)(F)c1cc(-c2cccc[nH+]2)[n-]n1.[Be+2]. The third kappa shape index (κ3) is 2.46. The Kier molecular flexibility index (Phi) is 3.44. The number of aromatic nitrogens is 3. The number of hydrogen-bond donors (Lipinski definition) is 0. The topological polar surface area (TPSA) is 41.1 Å². The Morgan fingerprint density at radius 3 is 2.50 bits per heavy atom. The first-order chi connectivity index (χ1) is 7.07. The molecule has 0 amide bonds. The summed E-state index contributed by atoms with van der Waals surface area (Å²) in [5, 5.41) is 6.52. The van der Waals surface area contributed by atoms with E-state index in [1.54, 1.807) is 24.4 Å². The van der Waals surface area contributed by atoms with E-state index in [1.165, 1.54) is 0 Å². The van der Waals surface area contributed by atoms with Gasteiger partial charge in [0.1, 0.15) is 5.69 Å². The summed E-state index contributed by atoms with van der Waals surface area (Å²) in [4.78, 5) is 2.78. The predicted octanol–water partition coefficient (Wildman–Crippen LogP) is 1.16. The number of aromatic amines is 1. The standard InChI is InChI=1S/C9H5F3N3.Be/c10-9(11,12)8-5-7(14-15-8)6-3-1-2-4-13-6;/h1-5H;/q-1;+2/p+1. The van der Waals surface area contributed by atoms with Crippen LogP contribution in [0.15, 0.2) is 30.5 Å². The van der Waals surface area contributed by atoms with Crippen molar-refractivity contribution in [1.29, 1.82) is 0 Å². The molecule has 1 N–H and O–H groups in total. The van der Waals surface area contributed by atoms with Crippen molar-refractivity contribution in [2.75, 3.05) is 0 Å². The summed E-state index contributed by atoms with van der Waals surface area (Å²) in [5.74, 6) is 0. The van der Waals surface area contributed by atoms with Crippen LogP contribution < -0.4 is 10.1 Å². The van der Waals surface area contributed by atoms with E-state index in [4.69, 9.17) is 0 Å². The summed E-state index contributed by atoms with van der Waals surface area (Å²) < 4.78 is 36.6. The number of halogens is 3. The molecule has 2 aromatic heterocycles. The average Bonchev–Trinajstić information content (AvgIpc) is 2.67. The molecule has 16 heavy (non-hydrogen) atoms. The summed E-state index contributed by atoms with van der Waals surface area (Å²) in [6.07, 6.45) is -2.84. The molecule has 0 aromatic carbocycles. The van der Waals surface area contributed by atoms with Gasteiger partial charge in [-0.3, -0.25) is 0 Å². The van der Waals surface area contributed by atoms with Crippen LogP contribution in [0.5, 0.6) is 0 Å². The molecule has 7 heteroatoms. The van der Waals surface area contributed by atoms with E-state index >= 15 is 0 Å². The number of alkyl halides is 3. The molecule has 0 aliphatic carbocycles. The third-order valence-corrected chi connectivity index (χ3v) is 1.81. The molecule has 2 aromatic rings. The second kappa shape index (κ2) is 4.45. The van der Waals surface area contributed by atoms with E-state index in [9.17, 15) is 13.2 Å². The zero-order valence-electron chi connectivity index (χ0n) is 8.12. The van der Waals surface area contributed by atoms with Crippen LogP contribution in [0.3, 0.4) is 0 Å². The number of hydrogen-bond acceptors (Lipinski definition) is 1. The van der Waals surface area contributed by atoms with Crippen molar-refractivity contribution in [3.8, 4) is 11.4 Å². The molecule has 0 radical (unpaired) electrons. The molecule has 0 saturated carbocycles. The number of nitrogens with one attached hydrogen (secondary N) is 1. The van der Waals surface area contributed by atoms with Crippen molar-refractivity contribution in [3.63, 3.8) is 0 Å². The van der Waals surface area contributed by atoms with Gasteiger partial charge in [-0.1, -0.05) is 0 Å². The Labute approximate surface area is 92.9 Å². The van der Waals surface area contributed by atoms with Crippen LogP contribution in [0.2, 0.25) is 0 Å². The van der Waals surface area contributed by atoms with Gasteiger partial charge in [-0.05, 0) is 17.8 Å². The molecule has 3 nitrogen and oxygen atoms in total. The first-order valence-corrected chi connectivity index (χ1v) is 4.12. The van der Waals surface area contributed by atoms with Gasteiger partial charge in [-0.25, -0.2) is 4.98 Å². The van der Waals surface area contributed by atoms with Crippen LogP contribution >= 0.6 is 0 Å². The van der Waals surface area contributed by atoms with Crippen LogP contribution in [-0.2, 0) is 6.18 Å². The van der Waals surface area contributed by atoms with Gasteiger partial charge in [0.15, 0.2) is 11.9 Å². The minimum Gasteiger partial charge on any atom is -0.570 e. The van der Waals surface area contributed by atoms with Crippen LogP contribution in [0, 0.1) is 0 Å². The first-order valence-electron chi connectivity index (χ1n) is 4.12. The summed E-state index contributed by atoms with van der Waals surface area (Å²) in [7, 11) is 0. The normalized spacial score (nSPS) is 10.9. The van der Waals surface area contributed by atoms with E-state index in [2.05, 4.69) is 15.2 Å². The Balaban J connectivity index is 0.00000128. The molecule has 2 heterocycles. The van der Waals surface area contributed by atoms with E-state index in [1.807, 2.05) is 0 Å². The second-order valence-corrected chi connectivity index (χ2v) is 2.89. The fraction of sp³-hybridized carbons (Fsp3) is 0.111. The fourth-order valence-corrected chi connectivity index (χ4v) is 1.12. The molecule has 2 rings (SSSR count). The molecule has 0 spiro atoms. The minimum atomic E-state index is -4.44. The Morgan fingerprint density at radius 2 is 2.00 bits per heavy atom. The second-order valence-electron chi connectivity index (χ2n) is 2.89. The quantitative estimate of drug-likeness (QED) is 0.679. The molecule has 0 bridgehead atoms. The smallest absolute Gasteiger partial charge is 0.570 e. The maximum atomic E-state index is 12.2. The molecule has 0 fully saturated rings. The van der Waals surface area contributed by atoms with Crippen molar-refractivity contribution in [2.45, 2.75) is 6.18 Å². The van der Waals surface area contributed by atoms with Gasteiger partial charge in [-0.15, -0.1) is 0 Å². The molecule has 0 aliphatic heterocycles. The maximum absolute atomic E-state index is 12.2. The Morgan fingerprint density at radius 1 is 1.25 bits per heavy atom. The van der Waals surface area contributed by atoms with Gasteiger partial charge < -0.3 is 10.2 Å². The monoisotopic (exact) mass is 222 g/mol. The molecule has 0 atom stereocenters. The van der Waals surface area contributed by atoms with Crippen molar-refractivity contribution < 1.29 is 18.2 Å². The van der Waals surface area contributed by atoms with Crippen molar-refractivity contribution >= 4 is 10.1 Å². The van der Waals surface area contributed by atoms with Crippen LogP contribution in [-0.4, -0.2) is 15.2 Å². The molecule has 0 saturated heterocycles. The number of pyridine rings is 1. The first kappa shape index (κ1) is 12.4. The van der Waals surface area contributed by atoms with Crippen molar-refractivity contribution in [3.05, 3.63) is 36.2 Å². The molecule has 0 aliphatic rings. The third-order valence-electron chi connectivity index (χ3n) is 1.81. The Bertz CT molecular complexity index is 453. The van der Waals surface area contributed by atoms with Gasteiger partial charge >= 0.3 is 16.3 Å². The average molecular weight is 222 g/mol. The van der Waals surface area contributed by atoms with Gasteiger partial charge in [0, 0.05) is 12.1 Å². The van der Waals surface area contributed by atoms with Crippen LogP contribution in [0.25, 0.3) is 11.4 Å². The van der Waals surface area contributed by atoms with Gasteiger partial charge in [-0.2, -0.15) is 13.2 Å². The van der Waals surface area contributed by atoms with E-state index < -0.39 is 11.9 Å².